The summed E-state index contributed by atoms with van der Waals surface area (Å²) >= 11 is 0. The van der Waals surface area contributed by atoms with Crippen LogP contribution in [0.5, 0.6) is 0 Å². The Labute approximate surface area is 57.6 Å². The van der Waals surface area contributed by atoms with Gasteiger partial charge in [0.15, 0.2) is 5.82 Å². The van der Waals surface area contributed by atoms with Crippen LogP contribution in [0.15, 0.2) is 12.4 Å². The van der Waals surface area contributed by atoms with Gasteiger partial charge in [-0.2, -0.15) is 0 Å². The molecule has 10 heavy (non-hydrogen) atoms. The first-order chi connectivity index (χ1) is 4.70. The largest absolute Gasteiger partial charge is 0.542 e. The molecule has 0 N–H and O–H groups in total. The molecule has 0 aliphatic rings. The van der Waals surface area contributed by atoms with Crippen molar-refractivity contribution in [1.29, 1.82) is 0 Å². The Balaban J connectivity index is 3.00. The van der Waals surface area contributed by atoms with E-state index in [-0.39, 0.29) is 5.82 Å². The summed E-state index contributed by atoms with van der Waals surface area (Å²) in [6.45, 7) is 1.78. The van der Waals surface area contributed by atoms with E-state index in [1.807, 2.05) is 0 Å². The van der Waals surface area contributed by atoms with Gasteiger partial charge < -0.3 is 9.90 Å². The van der Waals surface area contributed by atoms with Gasteiger partial charge in [0.05, 0.1) is 0 Å². The highest BCUT2D eigenvalue weighted by Gasteiger charge is 1.93. The van der Waals surface area contributed by atoms with Crippen molar-refractivity contribution < 1.29 is 9.90 Å². The van der Waals surface area contributed by atoms with Gasteiger partial charge in [-0.05, 0) is 12.5 Å². The number of hydrogen-bond donors (Lipinski definition) is 0. The van der Waals surface area contributed by atoms with Gasteiger partial charge in [-0.25, -0.2) is 9.97 Å². The summed E-state index contributed by atoms with van der Waals surface area (Å²) in [5, 5.41) is 10.1. The number of carboxylic acids is 1. The Morgan fingerprint density at radius 2 is 2.00 bits per heavy atom. The molecular formula is C6H5N2O2-. The molecule has 0 radical (unpaired) electrons. The zero-order valence-electron chi connectivity index (χ0n) is 5.37. The summed E-state index contributed by atoms with van der Waals surface area (Å²) in [4.78, 5) is 17.1. The third kappa shape index (κ3) is 1.28. The quantitative estimate of drug-likeness (QED) is 0.505. The Hall–Kier alpha value is -1.45. The van der Waals surface area contributed by atoms with Crippen LogP contribution >= 0.6 is 0 Å². The average molecular weight is 137 g/mol. The predicted octanol–water partition coefficient (Wildman–Crippen LogP) is -0.851. The van der Waals surface area contributed by atoms with Gasteiger partial charge in [-0.3, -0.25) is 0 Å². The van der Waals surface area contributed by atoms with Gasteiger partial charge in [0.2, 0.25) is 0 Å². The maximum absolute atomic E-state index is 10.1. The lowest BCUT2D eigenvalue weighted by atomic mass is 10.4. The number of carbonyl (C=O) groups is 1. The second-order valence-electron chi connectivity index (χ2n) is 1.87. The molecule has 0 amide bonds. The van der Waals surface area contributed by atoms with Crippen LogP contribution in [0.3, 0.4) is 0 Å². The van der Waals surface area contributed by atoms with Gasteiger partial charge in [0.1, 0.15) is 5.97 Å². The Morgan fingerprint density at radius 1 is 1.50 bits per heavy atom. The van der Waals surface area contributed by atoms with E-state index in [1.165, 1.54) is 12.4 Å². The van der Waals surface area contributed by atoms with Crippen LogP contribution in [0, 0.1) is 6.92 Å². The third-order valence-corrected chi connectivity index (χ3v) is 0.964. The van der Waals surface area contributed by atoms with Gasteiger partial charge in [-0.1, -0.05) is 0 Å². The van der Waals surface area contributed by atoms with Crippen molar-refractivity contribution in [3.63, 3.8) is 0 Å². The van der Waals surface area contributed by atoms with Crippen molar-refractivity contribution in [3.8, 4) is 0 Å². The molecule has 0 aromatic carbocycles. The smallest absolute Gasteiger partial charge is 0.175 e. The molecule has 1 aromatic heterocycles. The van der Waals surface area contributed by atoms with Crippen LogP contribution in [-0.2, 0) is 0 Å². The van der Waals surface area contributed by atoms with Crippen LogP contribution in [-0.4, -0.2) is 15.9 Å². The summed E-state index contributed by atoms with van der Waals surface area (Å²) in [5.41, 5.74) is 0.824. The first kappa shape index (κ1) is 6.67. The third-order valence-electron chi connectivity index (χ3n) is 0.964. The van der Waals surface area contributed by atoms with Crippen LogP contribution in [0.1, 0.15) is 16.2 Å². The summed E-state index contributed by atoms with van der Waals surface area (Å²) in [5.74, 6) is -1.62. The molecule has 0 aliphatic heterocycles. The standard InChI is InChI=1S/C6H6N2O2/c1-4-2-7-5(6(9)10)8-3-4/h2-3H,1H3,(H,9,10)/p-1. The van der Waals surface area contributed by atoms with E-state index in [1.54, 1.807) is 6.92 Å². The van der Waals surface area contributed by atoms with Crippen LogP contribution < -0.4 is 5.11 Å². The molecule has 4 heteroatoms. The molecule has 0 bridgehead atoms. The number of aryl methyl sites for hydroxylation is 1. The van der Waals surface area contributed by atoms with Crippen molar-refractivity contribution >= 4 is 5.97 Å². The van der Waals surface area contributed by atoms with Gasteiger partial charge >= 0.3 is 0 Å². The number of nitrogens with zero attached hydrogens (tertiary/aromatic N) is 2. The molecule has 1 rings (SSSR count). The topological polar surface area (TPSA) is 65.9 Å². The Kier molecular flexibility index (Phi) is 1.62. The molecule has 52 valence electrons. The first-order valence-electron chi connectivity index (χ1n) is 2.70. The number of carbonyl (C=O) groups excluding carboxylic acids is 1. The van der Waals surface area contributed by atoms with Crippen LogP contribution in [0.4, 0.5) is 0 Å². The molecule has 0 atom stereocenters. The lowest BCUT2D eigenvalue weighted by Gasteiger charge is -1.97. The summed E-state index contributed by atoms with van der Waals surface area (Å²) < 4.78 is 0. The molecule has 0 fully saturated rings. The fourth-order valence-corrected chi connectivity index (χ4v) is 0.498. The molecule has 0 spiro atoms. The normalized spacial score (nSPS) is 9.30. The predicted molar refractivity (Wildman–Crippen MR) is 31.1 cm³/mol. The zero-order valence-corrected chi connectivity index (χ0v) is 5.37. The van der Waals surface area contributed by atoms with E-state index < -0.39 is 5.97 Å². The molecule has 1 heterocycles. The molecule has 0 saturated heterocycles. The highest BCUT2D eigenvalue weighted by Crippen LogP contribution is 1.90. The van der Waals surface area contributed by atoms with E-state index in [4.69, 9.17) is 0 Å². The maximum atomic E-state index is 10.1. The molecular weight excluding hydrogens is 132 g/mol. The van der Waals surface area contributed by atoms with Gasteiger partial charge in [-0.15, -0.1) is 0 Å². The van der Waals surface area contributed by atoms with Crippen LogP contribution in [0.2, 0.25) is 0 Å². The van der Waals surface area contributed by atoms with E-state index >= 15 is 0 Å². The lowest BCUT2D eigenvalue weighted by Crippen LogP contribution is -2.24. The van der Waals surface area contributed by atoms with Crippen molar-refractivity contribution in [3.05, 3.63) is 23.8 Å². The molecule has 0 aliphatic carbocycles. The number of hydrogen-bond acceptors (Lipinski definition) is 4. The van der Waals surface area contributed by atoms with E-state index in [0.29, 0.717) is 0 Å². The van der Waals surface area contributed by atoms with E-state index in [0.717, 1.165) is 5.56 Å². The van der Waals surface area contributed by atoms with E-state index in [9.17, 15) is 9.90 Å². The highest BCUT2D eigenvalue weighted by atomic mass is 16.4. The Morgan fingerprint density at radius 3 is 2.40 bits per heavy atom. The monoisotopic (exact) mass is 137 g/mol. The zero-order chi connectivity index (χ0) is 7.56. The summed E-state index contributed by atoms with van der Waals surface area (Å²) in [6.07, 6.45) is 2.86. The van der Waals surface area contributed by atoms with Crippen molar-refractivity contribution in [2.24, 2.45) is 0 Å². The fourth-order valence-electron chi connectivity index (χ4n) is 0.498. The second kappa shape index (κ2) is 2.43. The molecule has 4 nitrogen and oxygen atoms in total. The highest BCUT2D eigenvalue weighted by molar-refractivity contribution is 5.80. The lowest BCUT2D eigenvalue weighted by molar-refractivity contribution is -0.256. The number of carboxylic acid groups (broad SMARTS) is 1. The second-order valence-corrected chi connectivity index (χ2v) is 1.87. The fraction of sp³-hybridized carbons (Fsp3) is 0.167. The summed E-state index contributed by atoms with van der Waals surface area (Å²) in [6, 6.07) is 0. The Bertz CT molecular complexity index is 242. The summed E-state index contributed by atoms with van der Waals surface area (Å²) in [7, 11) is 0. The van der Waals surface area contributed by atoms with Gasteiger partial charge in [0, 0.05) is 12.4 Å². The first-order valence-corrected chi connectivity index (χ1v) is 2.70. The average Bonchev–Trinajstić information content (AvgIpc) is 1.88. The van der Waals surface area contributed by atoms with Gasteiger partial charge in [0.25, 0.3) is 0 Å². The number of aromatic nitrogens is 2. The number of rotatable bonds is 1. The minimum absolute atomic E-state index is 0.273. The van der Waals surface area contributed by atoms with Crippen molar-refractivity contribution in [2.45, 2.75) is 6.92 Å². The van der Waals surface area contributed by atoms with Crippen molar-refractivity contribution in [1.82, 2.24) is 9.97 Å². The minimum atomic E-state index is -1.35. The minimum Gasteiger partial charge on any atom is -0.542 e. The van der Waals surface area contributed by atoms with Crippen LogP contribution in [0.25, 0.3) is 0 Å². The van der Waals surface area contributed by atoms with Crippen molar-refractivity contribution in [2.75, 3.05) is 0 Å². The van der Waals surface area contributed by atoms with E-state index in [2.05, 4.69) is 9.97 Å². The molecule has 0 unspecified atom stereocenters. The SMILES string of the molecule is Cc1cnc(C(=O)[O-])nc1. The maximum Gasteiger partial charge on any atom is 0.175 e. The molecule has 1 aromatic rings. The number of aromatic carboxylic acids is 1. The molecule has 0 saturated carbocycles.